The highest BCUT2D eigenvalue weighted by Gasteiger charge is 2.23. The van der Waals surface area contributed by atoms with Crippen LogP contribution in [0.15, 0.2) is 24.3 Å². The zero-order valence-electron chi connectivity index (χ0n) is 13.6. The van der Waals surface area contributed by atoms with Crippen molar-refractivity contribution in [3.05, 3.63) is 24.3 Å². The summed E-state index contributed by atoms with van der Waals surface area (Å²) in [6.07, 6.45) is 0. The summed E-state index contributed by atoms with van der Waals surface area (Å²) in [5.41, 5.74) is 1.07. The lowest BCUT2D eigenvalue weighted by atomic mass is 10.2. The Morgan fingerprint density at radius 1 is 1.22 bits per heavy atom. The van der Waals surface area contributed by atoms with Crippen molar-refractivity contribution in [1.82, 2.24) is 10.6 Å². The van der Waals surface area contributed by atoms with E-state index in [1.807, 2.05) is 26.0 Å². The minimum absolute atomic E-state index is 0.00370. The molecule has 0 aliphatic carbocycles. The van der Waals surface area contributed by atoms with E-state index in [2.05, 4.69) is 15.5 Å². The average molecular weight is 321 g/mol. The van der Waals surface area contributed by atoms with Crippen molar-refractivity contribution in [2.75, 3.05) is 37.6 Å². The molecule has 0 bridgehead atoms. The number of imide groups is 1. The van der Waals surface area contributed by atoms with E-state index in [0.717, 1.165) is 36.8 Å². The zero-order valence-corrected chi connectivity index (χ0v) is 13.6. The molecular formula is C16H25N4O3+. The maximum Gasteiger partial charge on any atom is 0.321 e. The highest BCUT2D eigenvalue weighted by molar-refractivity contribution is 5.94. The summed E-state index contributed by atoms with van der Waals surface area (Å²) in [6.45, 7) is 7.34. The number of phenols is 1. The molecule has 1 heterocycles. The highest BCUT2D eigenvalue weighted by atomic mass is 16.3. The van der Waals surface area contributed by atoms with Crippen molar-refractivity contribution in [3.63, 3.8) is 0 Å². The van der Waals surface area contributed by atoms with Crippen molar-refractivity contribution in [2.24, 2.45) is 0 Å². The molecule has 23 heavy (non-hydrogen) atoms. The molecule has 0 spiro atoms. The smallest absolute Gasteiger partial charge is 0.321 e. The molecule has 0 saturated carbocycles. The molecule has 1 fully saturated rings. The van der Waals surface area contributed by atoms with Gasteiger partial charge in [0, 0.05) is 11.7 Å². The first kappa shape index (κ1) is 17.1. The van der Waals surface area contributed by atoms with E-state index < -0.39 is 6.03 Å². The van der Waals surface area contributed by atoms with E-state index in [1.165, 1.54) is 0 Å². The summed E-state index contributed by atoms with van der Waals surface area (Å²) in [5.74, 6) is 0.00518. The summed E-state index contributed by atoms with van der Waals surface area (Å²) in [4.78, 5) is 26.7. The predicted octanol–water partition coefficient (Wildman–Crippen LogP) is -0.669. The van der Waals surface area contributed by atoms with Gasteiger partial charge in [-0.05, 0) is 38.1 Å². The molecule has 0 aromatic heterocycles. The second-order valence-electron chi connectivity index (χ2n) is 6.11. The van der Waals surface area contributed by atoms with Crippen LogP contribution in [-0.4, -0.2) is 55.8 Å². The summed E-state index contributed by atoms with van der Waals surface area (Å²) in [6, 6.07) is 6.70. The number of anilines is 1. The summed E-state index contributed by atoms with van der Waals surface area (Å²) in [7, 11) is 0. The Morgan fingerprint density at radius 2 is 1.83 bits per heavy atom. The van der Waals surface area contributed by atoms with Gasteiger partial charge in [-0.3, -0.25) is 10.1 Å². The maximum absolute atomic E-state index is 11.9. The van der Waals surface area contributed by atoms with Crippen LogP contribution in [0.2, 0.25) is 0 Å². The number of benzene rings is 1. The van der Waals surface area contributed by atoms with Gasteiger partial charge in [0.05, 0.1) is 26.2 Å². The third kappa shape index (κ3) is 5.45. The largest absolute Gasteiger partial charge is 0.508 e. The number of carbonyl (C=O) groups excluding carboxylic acids is 2. The molecule has 0 unspecified atom stereocenters. The Hall–Kier alpha value is -2.28. The Bertz CT molecular complexity index is 537. The molecule has 1 aromatic rings. The maximum atomic E-state index is 11.9. The second-order valence-corrected chi connectivity index (χ2v) is 6.11. The number of hydrogen-bond donors (Lipinski definition) is 4. The number of amides is 3. The molecule has 0 atom stereocenters. The van der Waals surface area contributed by atoms with Crippen molar-refractivity contribution in [2.45, 2.75) is 19.9 Å². The first-order valence-corrected chi connectivity index (χ1v) is 7.92. The fourth-order valence-corrected chi connectivity index (χ4v) is 2.62. The number of rotatable bonds is 4. The van der Waals surface area contributed by atoms with Gasteiger partial charge in [-0.1, -0.05) is 0 Å². The molecule has 1 aliphatic heterocycles. The van der Waals surface area contributed by atoms with Gasteiger partial charge >= 0.3 is 6.03 Å². The molecule has 126 valence electrons. The Balaban J connectivity index is 1.75. The molecule has 0 radical (unpaired) electrons. The van der Waals surface area contributed by atoms with Gasteiger partial charge in [0.25, 0.3) is 5.91 Å². The van der Waals surface area contributed by atoms with Gasteiger partial charge in [-0.15, -0.1) is 0 Å². The number of phenolic OH excluding ortho intramolecular Hbond substituents is 1. The van der Waals surface area contributed by atoms with E-state index in [0.29, 0.717) is 6.54 Å². The molecule has 4 N–H and O–H groups in total. The number of piperazine rings is 1. The lowest BCUT2D eigenvalue weighted by molar-refractivity contribution is -0.892. The van der Waals surface area contributed by atoms with Crippen molar-refractivity contribution < 1.29 is 19.6 Å². The van der Waals surface area contributed by atoms with Crippen molar-refractivity contribution >= 4 is 17.6 Å². The van der Waals surface area contributed by atoms with Crippen LogP contribution in [0.4, 0.5) is 10.5 Å². The monoisotopic (exact) mass is 321 g/mol. The van der Waals surface area contributed by atoms with Crippen molar-refractivity contribution in [3.8, 4) is 5.75 Å². The number of hydrogen-bond acceptors (Lipinski definition) is 4. The van der Waals surface area contributed by atoms with Crippen molar-refractivity contribution in [1.29, 1.82) is 0 Å². The molecule has 3 amide bonds. The Labute approximate surface area is 136 Å². The number of urea groups is 1. The fraction of sp³-hybridized carbons (Fsp3) is 0.500. The number of nitrogens with one attached hydrogen (secondary N) is 3. The van der Waals surface area contributed by atoms with Crippen LogP contribution < -0.4 is 20.4 Å². The third-order valence-corrected chi connectivity index (χ3v) is 3.77. The molecule has 7 nitrogen and oxygen atoms in total. The Morgan fingerprint density at radius 3 is 2.39 bits per heavy atom. The standard InChI is InChI=1S/C16H24N4O3/c1-12(2)17-16(23)18-15(22)11-19-7-9-20(10-8-19)13-3-5-14(21)6-4-13/h3-6,12,21H,7-11H2,1-2H3,(H2,17,18,22,23)/p+1. The summed E-state index contributed by atoms with van der Waals surface area (Å²) >= 11 is 0. The van der Waals surface area contributed by atoms with Crippen LogP contribution in [0.1, 0.15) is 13.8 Å². The average Bonchev–Trinajstić information content (AvgIpc) is 2.48. The topological polar surface area (TPSA) is 86.1 Å². The minimum Gasteiger partial charge on any atom is -0.508 e. The molecule has 1 saturated heterocycles. The highest BCUT2D eigenvalue weighted by Crippen LogP contribution is 2.17. The van der Waals surface area contributed by atoms with E-state index in [-0.39, 0.29) is 17.7 Å². The second kappa shape index (κ2) is 7.82. The van der Waals surface area contributed by atoms with E-state index in [4.69, 9.17) is 0 Å². The van der Waals surface area contributed by atoms with Crippen LogP contribution >= 0.6 is 0 Å². The summed E-state index contributed by atoms with van der Waals surface area (Å²) in [5, 5.41) is 14.3. The van der Waals surface area contributed by atoms with Crippen LogP contribution in [0.3, 0.4) is 0 Å². The molecule has 1 aromatic carbocycles. The first-order chi connectivity index (χ1) is 10.9. The quantitative estimate of drug-likeness (QED) is 0.593. The Kier molecular flexibility index (Phi) is 5.81. The summed E-state index contributed by atoms with van der Waals surface area (Å²) < 4.78 is 0. The van der Waals surface area contributed by atoms with Gasteiger partial charge in [0.15, 0.2) is 6.54 Å². The zero-order chi connectivity index (χ0) is 16.8. The van der Waals surface area contributed by atoms with Gasteiger partial charge in [-0.2, -0.15) is 0 Å². The number of quaternary nitrogens is 1. The normalized spacial score (nSPS) is 15.5. The van der Waals surface area contributed by atoms with Crippen LogP contribution in [0, 0.1) is 0 Å². The SMILES string of the molecule is CC(C)NC(=O)NC(=O)C[NH+]1CCN(c2ccc(O)cc2)CC1. The molecule has 2 rings (SSSR count). The lowest BCUT2D eigenvalue weighted by Gasteiger charge is -2.33. The fourth-order valence-electron chi connectivity index (χ4n) is 2.62. The molecular weight excluding hydrogens is 296 g/mol. The molecule has 7 heteroatoms. The van der Waals surface area contributed by atoms with Gasteiger partial charge in [0.1, 0.15) is 5.75 Å². The van der Waals surface area contributed by atoms with Gasteiger partial charge < -0.3 is 20.2 Å². The minimum atomic E-state index is -0.438. The number of aromatic hydroxyl groups is 1. The van der Waals surface area contributed by atoms with E-state index >= 15 is 0 Å². The molecule has 1 aliphatic rings. The van der Waals surface area contributed by atoms with Crippen LogP contribution in [0.5, 0.6) is 5.75 Å². The lowest BCUT2D eigenvalue weighted by Crippen LogP contribution is -3.16. The number of nitrogens with zero attached hydrogens (tertiary/aromatic N) is 1. The third-order valence-electron chi connectivity index (χ3n) is 3.77. The van der Waals surface area contributed by atoms with Gasteiger partial charge in [0.2, 0.25) is 0 Å². The van der Waals surface area contributed by atoms with Gasteiger partial charge in [-0.25, -0.2) is 4.79 Å². The predicted molar refractivity (Wildman–Crippen MR) is 87.7 cm³/mol. The number of carbonyl (C=O) groups is 2. The van der Waals surface area contributed by atoms with E-state index in [1.54, 1.807) is 12.1 Å². The van der Waals surface area contributed by atoms with Crippen LogP contribution in [-0.2, 0) is 4.79 Å². The first-order valence-electron chi connectivity index (χ1n) is 7.92. The van der Waals surface area contributed by atoms with E-state index in [9.17, 15) is 14.7 Å². The van der Waals surface area contributed by atoms with Crippen LogP contribution in [0.25, 0.3) is 0 Å².